The van der Waals surface area contributed by atoms with E-state index in [0.29, 0.717) is 0 Å². The Balaban J connectivity index is 2.14. The van der Waals surface area contributed by atoms with Crippen LogP contribution in [0.4, 0.5) is 0 Å². The summed E-state index contributed by atoms with van der Waals surface area (Å²) >= 11 is 3.24. The molecule has 0 radical (unpaired) electrons. The summed E-state index contributed by atoms with van der Waals surface area (Å²) in [6, 6.07) is 4.03. The molecule has 0 aliphatic rings. The van der Waals surface area contributed by atoms with Crippen molar-refractivity contribution in [3.63, 3.8) is 0 Å². The highest BCUT2D eigenvalue weighted by atomic mass is 32.1. The van der Waals surface area contributed by atoms with Crippen LogP contribution in [0.1, 0.15) is 45.4 Å². The first-order valence-electron chi connectivity index (χ1n) is 6.59. The molecule has 3 nitrogen and oxygen atoms in total. The highest BCUT2D eigenvalue weighted by Gasteiger charge is 2.12. The molecule has 0 spiro atoms. The van der Waals surface area contributed by atoms with Gasteiger partial charge < -0.3 is 0 Å². The number of hydrogen-bond donors (Lipinski definition) is 1. The maximum atomic E-state index is 12.1. The van der Waals surface area contributed by atoms with Gasteiger partial charge in [0.15, 0.2) is 0 Å². The van der Waals surface area contributed by atoms with Crippen LogP contribution in [0.5, 0.6) is 0 Å². The predicted molar refractivity (Wildman–Crippen MR) is 87.0 cm³/mol. The predicted octanol–water partition coefficient (Wildman–Crippen LogP) is 4.36. The summed E-state index contributed by atoms with van der Waals surface area (Å²) in [7, 11) is 0. The molecule has 106 valence electrons. The lowest BCUT2D eigenvalue weighted by atomic mass is 10.2. The van der Waals surface area contributed by atoms with Gasteiger partial charge in [0, 0.05) is 10.3 Å². The summed E-state index contributed by atoms with van der Waals surface area (Å²) in [5.74, 6) is -0.128. The molecular formula is C15H18N2OS2. The summed E-state index contributed by atoms with van der Waals surface area (Å²) in [4.78, 5) is 14.4. The molecule has 0 aliphatic carbocycles. The van der Waals surface area contributed by atoms with Crippen molar-refractivity contribution in [2.24, 2.45) is 5.10 Å². The highest BCUT2D eigenvalue weighted by molar-refractivity contribution is 7.12. The van der Waals surface area contributed by atoms with Crippen LogP contribution in [-0.4, -0.2) is 11.6 Å². The van der Waals surface area contributed by atoms with E-state index in [4.69, 9.17) is 0 Å². The van der Waals surface area contributed by atoms with Gasteiger partial charge in [0.2, 0.25) is 0 Å². The minimum Gasteiger partial charge on any atom is -0.267 e. The second kappa shape index (κ2) is 6.81. The normalized spacial score (nSPS) is 11.7. The van der Waals surface area contributed by atoms with Crippen molar-refractivity contribution in [3.8, 4) is 0 Å². The fourth-order valence-corrected chi connectivity index (χ4v) is 3.44. The second-order valence-electron chi connectivity index (χ2n) is 4.56. The standard InChI is InChI=1S/C15H18N2OS2/c1-4-6-13(14-7-5-8-19-14)16-17-15(18)12-9-20-11(3)10(12)2/h5,7-9H,4,6H2,1-3H3,(H,17,18)/b16-13-. The number of rotatable bonds is 5. The molecule has 0 bridgehead atoms. The van der Waals surface area contributed by atoms with Crippen molar-refractivity contribution in [1.29, 1.82) is 0 Å². The molecule has 0 saturated heterocycles. The zero-order chi connectivity index (χ0) is 14.5. The molecule has 0 atom stereocenters. The first-order chi connectivity index (χ1) is 9.63. The molecule has 2 aromatic heterocycles. The number of hydrazone groups is 1. The average Bonchev–Trinajstić information content (AvgIpc) is 3.06. The van der Waals surface area contributed by atoms with Gasteiger partial charge in [-0.05, 0) is 37.3 Å². The topological polar surface area (TPSA) is 41.5 Å². The van der Waals surface area contributed by atoms with Crippen molar-refractivity contribution in [3.05, 3.63) is 43.8 Å². The molecule has 2 heterocycles. The number of hydrogen-bond acceptors (Lipinski definition) is 4. The highest BCUT2D eigenvalue weighted by Crippen LogP contribution is 2.20. The van der Waals surface area contributed by atoms with Gasteiger partial charge in [-0.1, -0.05) is 19.4 Å². The van der Waals surface area contributed by atoms with Gasteiger partial charge in [-0.15, -0.1) is 22.7 Å². The van der Waals surface area contributed by atoms with E-state index in [-0.39, 0.29) is 5.91 Å². The van der Waals surface area contributed by atoms with Gasteiger partial charge in [-0.25, -0.2) is 5.43 Å². The fraction of sp³-hybridized carbons (Fsp3) is 0.333. The van der Waals surface area contributed by atoms with Crippen molar-refractivity contribution in [2.75, 3.05) is 0 Å². The minimum absolute atomic E-state index is 0.128. The van der Waals surface area contributed by atoms with Crippen LogP contribution >= 0.6 is 22.7 Å². The van der Waals surface area contributed by atoms with Crippen LogP contribution in [0.15, 0.2) is 28.0 Å². The van der Waals surface area contributed by atoms with Crippen LogP contribution < -0.4 is 5.43 Å². The maximum absolute atomic E-state index is 12.1. The maximum Gasteiger partial charge on any atom is 0.272 e. The molecule has 0 unspecified atom stereocenters. The third kappa shape index (κ3) is 3.35. The van der Waals surface area contributed by atoms with Crippen LogP contribution in [0.3, 0.4) is 0 Å². The Morgan fingerprint density at radius 3 is 2.70 bits per heavy atom. The SMILES string of the molecule is CCC/C(=N/NC(=O)c1csc(C)c1C)c1cccs1. The number of nitrogens with one attached hydrogen (secondary N) is 1. The first kappa shape index (κ1) is 14.9. The molecule has 0 aliphatic heterocycles. The van der Waals surface area contributed by atoms with E-state index in [1.54, 1.807) is 22.7 Å². The Bertz CT molecular complexity index is 612. The largest absolute Gasteiger partial charge is 0.272 e. The van der Waals surface area contributed by atoms with E-state index in [1.807, 2.05) is 36.7 Å². The Hall–Kier alpha value is -1.46. The zero-order valence-electron chi connectivity index (χ0n) is 11.9. The summed E-state index contributed by atoms with van der Waals surface area (Å²) < 4.78 is 0. The molecule has 2 aromatic rings. The smallest absolute Gasteiger partial charge is 0.267 e. The summed E-state index contributed by atoms with van der Waals surface area (Å²) in [6.45, 7) is 6.10. The lowest BCUT2D eigenvalue weighted by Gasteiger charge is -2.04. The Kier molecular flexibility index (Phi) is 5.09. The minimum atomic E-state index is -0.128. The number of carbonyl (C=O) groups is 1. The Labute approximate surface area is 127 Å². The number of aryl methyl sites for hydroxylation is 1. The average molecular weight is 306 g/mol. The molecule has 5 heteroatoms. The molecule has 2 rings (SSSR count). The molecule has 1 N–H and O–H groups in total. The van der Waals surface area contributed by atoms with Gasteiger partial charge >= 0.3 is 0 Å². The number of amides is 1. The monoisotopic (exact) mass is 306 g/mol. The van der Waals surface area contributed by atoms with E-state index >= 15 is 0 Å². The Morgan fingerprint density at radius 1 is 1.35 bits per heavy atom. The van der Waals surface area contributed by atoms with Gasteiger partial charge in [0.05, 0.1) is 16.2 Å². The molecule has 0 saturated carbocycles. The first-order valence-corrected chi connectivity index (χ1v) is 8.34. The van der Waals surface area contributed by atoms with E-state index in [0.717, 1.165) is 34.6 Å². The third-order valence-electron chi connectivity index (χ3n) is 3.12. The number of carbonyl (C=O) groups excluding carboxylic acids is 1. The molecule has 1 amide bonds. The van der Waals surface area contributed by atoms with E-state index < -0.39 is 0 Å². The van der Waals surface area contributed by atoms with Crippen LogP contribution in [0, 0.1) is 13.8 Å². The number of nitrogens with zero attached hydrogens (tertiary/aromatic N) is 1. The molecular weight excluding hydrogens is 288 g/mol. The van der Waals surface area contributed by atoms with Gasteiger partial charge in [-0.2, -0.15) is 5.10 Å². The van der Waals surface area contributed by atoms with Crippen molar-refractivity contribution in [1.82, 2.24) is 5.43 Å². The van der Waals surface area contributed by atoms with Crippen molar-refractivity contribution in [2.45, 2.75) is 33.6 Å². The lowest BCUT2D eigenvalue weighted by molar-refractivity contribution is 0.0954. The molecule has 0 fully saturated rings. The molecule has 0 aromatic carbocycles. The molecule has 20 heavy (non-hydrogen) atoms. The van der Waals surface area contributed by atoms with Crippen LogP contribution in [-0.2, 0) is 0 Å². The van der Waals surface area contributed by atoms with Crippen molar-refractivity contribution < 1.29 is 4.79 Å². The lowest BCUT2D eigenvalue weighted by Crippen LogP contribution is -2.20. The fourth-order valence-electron chi connectivity index (χ4n) is 1.83. The van der Waals surface area contributed by atoms with Gasteiger partial charge in [0.1, 0.15) is 0 Å². The van der Waals surface area contributed by atoms with E-state index in [1.165, 1.54) is 4.88 Å². The summed E-state index contributed by atoms with van der Waals surface area (Å²) in [6.07, 6.45) is 1.87. The third-order valence-corrected chi connectivity index (χ3v) is 5.05. The van der Waals surface area contributed by atoms with Crippen molar-refractivity contribution >= 4 is 34.3 Å². The summed E-state index contributed by atoms with van der Waals surface area (Å²) in [5, 5.41) is 8.23. The van der Waals surface area contributed by atoms with Gasteiger partial charge in [0.25, 0.3) is 5.91 Å². The van der Waals surface area contributed by atoms with Crippen LogP contribution in [0.25, 0.3) is 0 Å². The second-order valence-corrected chi connectivity index (χ2v) is 6.59. The quantitative estimate of drug-likeness (QED) is 0.647. The van der Waals surface area contributed by atoms with E-state index in [2.05, 4.69) is 17.5 Å². The van der Waals surface area contributed by atoms with Gasteiger partial charge in [-0.3, -0.25) is 4.79 Å². The Morgan fingerprint density at radius 2 is 2.15 bits per heavy atom. The van der Waals surface area contributed by atoms with E-state index in [9.17, 15) is 4.79 Å². The zero-order valence-corrected chi connectivity index (χ0v) is 13.5. The van der Waals surface area contributed by atoms with Crippen LogP contribution in [0.2, 0.25) is 0 Å². The number of thiophene rings is 2. The summed E-state index contributed by atoms with van der Waals surface area (Å²) in [5.41, 5.74) is 5.39.